The molecule has 1 saturated heterocycles. The van der Waals surface area contributed by atoms with E-state index < -0.39 is 12.0 Å². The van der Waals surface area contributed by atoms with Gasteiger partial charge in [0.25, 0.3) is 0 Å². The van der Waals surface area contributed by atoms with Crippen LogP contribution < -0.4 is 5.32 Å². The van der Waals surface area contributed by atoms with Gasteiger partial charge in [0.15, 0.2) is 11.5 Å². The molecule has 0 radical (unpaired) electrons. The van der Waals surface area contributed by atoms with E-state index >= 15 is 0 Å². The highest BCUT2D eigenvalue weighted by atomic mass is 79.9. The zero-order valence-corrected chi connectivity index (χ0v) is 17.7. The zero-order valence-electron chi connectivity index (χ0n) is 16.1. The van der Waals surface area contributed by atoms with Gasteiger partial charge in [-0.25, -0.2) is 9.78 Å². The van der Waals surface area contributed by atoms with Crippen molar-refractivity contribution in [3.8, 4) is 0 Å². The highest BCUT2D eigenvalue weighted by Gasteiger charge is 2.56. The lowest BCUT2D eigenvalue weighted by Crippen LogP contribution is -2.46. The number of benzene rings is 1. The molecular weight excluding hydrogens is 468 g/mol. The quantitative estimate of drug-likeness (QED) is 0.565. The van der Waals surface area contributed by atoms with E-state index in [1.807, 2.05) is 0 Å². The molecule has 1 aromatic carbocycles. The summed E-state index contributed by atoms with van der Waals surface area (Å²) in [5, 5.41) is 16.8. The van der Waals surface area contributed by atoms with E-state index in [0.29, 0.717) is 33.7 Å². The smallest absolute Gasteiger partial charge is 0.357 e. The van der Waals surface area contributed by atoms with E-state index in [4.69, 9.17) is 0 Å². The van der Waals surface area contributed by atoms with Crippen molar-refractivity contribution in [3.05, 3.63) is 47.0 Å². The Balaban J connectivity index is 1.38. The molecule has 0 bridgehead atoms. The number of piperidine rings is 1. The number of aromatic carboxylic acids is 1. The van der Waals surface area contributed by atoms with Crippen LogP contribution in [-0.4, -0.2) is 59.6 Å². The summed E-state index contributed by atoms with van der Waals surface area (Å²) in [5.74, 6) is -1.13. The number of carboxylic acid groups (broad SMARTS) is 1. The minimum atomic E-state index is -1.15. The van der Waals surface area contributed by atoms with Crippen LogP contribution in [0.1, 0.15) is 23.3 Å². The van der Waals surface area contributed by atoms with E-state index in [-0.39, 0.29) is 30.1 Å². The van der Waals surface area contributed by atoms with E-state index in [9.17, 15) is 19.5 Å². The van der Waals surface area contributed by atoms with E-state index in [1.54, 1.807) is 29.2 Å². The number of fused-ring (bicyclic) bond motifs is 2. The van der Waals surface area contributed by atoms with Gasteiger partial charge in [0, 0.05) is 11.4 Å². The minimum Gasteiger partial charge on any atom is -0.476 e. The molecule has 1 aliphatic carbocycles. The molecule has 0 unspecified atom stereocenters. The normalized spacial score (nSPS) is 21.7. The summed E-state index contributed by atoms with van der Waals surface area (Å²) in [5.41, 5.74) is 0.460. The number of carbonyl (C=O) groups excluding carboxylic acids is 2. The first kappa shape index (κ1) is 19.6. The Morgan fingerprint density at radius 3 is 2.77 bits per heavy atom. The molecule has 3 aromatic rings. The molecule has 2 fully saturated rings. The van der Waals surface area contributed by atoms with Crippen LogP contribution in [0.5, 0.6) is 0 Å². The Hall–Kier alpha value is -3.34. The monoisotopic (exact) mass is 484 g/mol. The van der Waals surface area contributed by atoms with Gasteiger partial charge >= 0.3 is 5.97 Å². The highest BCUT2D eigenvalue weighted by molar-refractivity contribution is 9.10. The number of nitrogens with zero attached hydrogens (tertiary/aromatic N) is 5. The van der Waals surface area contributed by atoms with Gasteiger partial charge in [0.2, 0.25) is 11.8 Å². The van der Waals surface area contributed by atoms with Gasteiger partial charge in [-0.15, -0.1) is 0 Å². The fourth-order valence-corrected chi connectivity index (χ4v) is 4.59. The van der Waals surface area contributed by atoms with Crippen molar-refractivity contribution >= 4 is 50.4 Å². The molecule has 3 atom stereocenters. The Labute approximate surface area is 184 Å². The summed E-state index contributed by atoms with van der Waals surface area (Å²) in [6.07, 6.45) is 4.40. The Kier molecular flexibility index (Phi) is 4.69. The summed E-state index contributed by atoms with van der Waals surface area (Å²) in [6.45, 7) is -0.141. The molecule has 10 nitrogen and oxygen atoms in total. The van der Waals surface area contributed by atoms with Crippen LogP contribution in [0.3, 0.4) is 0 Å². The van der Waals surface area contributed by atoms with E-state index in [1.165, 1.54) is 17.1 Å². The van der Waals surface area contributed by atoms with Crippen molar-refractivity contribution in [2.45, 2.75) is 31.5 Å². The number of aromatic nitrogens is 4. The average Bonchev–Trinajstić information content (AvgIpc) is 3.24. The largest absolute Gasteiger partial charge is 0.476 e. The second-order valence-electron chi connectivity index (χ2n) is 7.66. The van der Waals surface area contributed by atoms with Crippen LogP contribution in [-0.2, 0) is 16.1 Å². The highest BCUT2D eigenvalue weighted by Crippen LogP contribution is 2.48. The number of hydrogen-bond acceptors (Lipinski definition) is 6. The van der Waals surface area contributed by atoms with Crippen molar-refractivity contribution in [2.75, 3.05) is 5.32 Å². The topological polar surface area (TPSA) is 130 Å². The lowest BCUT2D eigenvalue weighted by Gasteiger charge is -2.26. The second-order valence-corrected chi connectivity index (χ2v) is 8.47. The molecule has 2 aliphatic rings. The zero-order chi connectivity index (χ0) is 21.7. The number of likely N-dealkylation sites (tertiary alicyclic amines) is 1. The summed E-state index contributed by atoms with van der Waals surface area (Å²) in [6, 6.07) is 6.29. The molecule has 2 aromatic heterocycles. The standard InChI is InChI=1S/C20H17BrN6O4/c21-15-7-22-8-16(23-15)24-19(29)14-6-10-5-13(10)27(14)17(28)9-26-12-4-2-1-3-11(12)18(25-26)20(30)31/h1-4,7-8,10,13-14H,5-6,9H2,(H,30,31)(H,23,24,29)/t10-,13-,14+/m1/s1. The van der Waals surface area contributed by atoms with Gasteiger partial charge in [0.1, 0.15) is 17.2 Å². The Morgan fingerprint density at radius 2 is 2.00 bits per heavy atom. The number of carbonyl (C=O) groups is 3. The van der Waals surface area contributed by atoms with Gasteiger partial charge in [-0.05, 0) is 40.8 Å². The SMILES string of the molecule is O=C(O)c1nn(CC(=O)N2[C@@H]3C[C@@H]3C[C@H]2C(=O)Nc2cncc(Br)n2)c2ccccc12. The number of hydrogen-bond donors (Lipinski definition) is 2. The summed E-state index contributed by atoms with van der Waals surface area (Å²) in [4.78, 5) is 47.4. The molecule has 0 spiro atoms. The van der Waals surface area contributed by atoms with Gasteiger partial charge in [0.05, 0.1) is 17.9 Å². The van der Waals surface area contributed by atoms with Gasteiger partial charge in [-0.3, -0.25) is 19.3 Å². The molecule has 5 rings (SSSR count). The fourth-order valence-electron chi connectivity index (χ4n) is 4.28. The molecule has 158 valence electrons. The van der Waals surface area contributed by atoms with Gasteiger partial charge < -0.3 is 15.3 Å². The van der Waals surface area contributed by atoms with Crippen LogP contribution in [0.4, 0.5) is 5.82 Å². The average molecular weight is 485 g/mol. The Bertz CT molecular complexity index is 1230. The minimum absolute atomic E-state index is 0.0256. The molecule has 11 heteroatoms. The predicted molar refractivity (Wildman–Crippen MR) is 112 cm³/mol. The molecule has 1 saturated carbocycles. The van der Waals surface area contributed by atoms with Crippen molar-refractivity contribution in [2.24, 2.45) is 5.92 Å². The molecule has 2 amide bonds. The lowest BCUT2D eigenvalue weighted by atomic mass is 10.1. The second kappa shape index (κ2) is 7.41. The van der Waals surface area contributed by atoms with Crippen LogP contribution in [0.25, 0.3) is 10.9 Å². The van der Waals surface area contributed by atoms with Crippen molar-refractivity contribution in [3.63, 3.8) is 0 Å². The third-order valence-electron chi connectivity index (χ3n) is 5.70. The maximum atomic E-state index is 13.2. The van der Waals surface area contributed by atoms with E-state index in [0.717, 1.165) is 6.42 Å². The van der Waals surface area contributed by atoms with Crippen LogP contribution in [0.15, 0.2) is 41.3 Å². The number of amides is 2. The van der Waals surface area contributed by atoms with E-state index in [2.05, 4.69) is 36.3 Å². The van der Waals surface area contributed by atoms with Crippen molar-refractivity contribution in [1.82, 2.24) is 24.6 Å². The Morgan fingerprint density at radius 1 is 1.19 bits per heavy atom. The summed E-state index contributed by atoms with van der Waals surface area (Å²) >= 11 is 3.22. The third-order valence-corrected chi connectivity index (χ3v) is 6.08. The fraction of sp³-hybridized carbons (Fsp3) is 0.300. The van der Waals surface area contributed by atoms with Crippen LogP contribution in [0, 0.1) is 5.92 Å². The number of carboxylic acids is 1. The maximum absolute atomic E-state index is 13.2. The molecule has 1 aliphatic heterocycles. The van der Waals surface area contributed by atoms with Gasteiger partial charge in [-0.1, -0.05) is 18.2 Å². The maximum Gasteiger partial charge on any atom is 0.357 e. The number of nitrogens with one attached hydrogen (secondary N) is 1. The first-order chi connectivity index (χ1) is 14.9. The number of rotatable bonds is 5. The first-order valence-corrected chi connectivity index (χ1v) is 10.5. The first-order valence-electron chi connectivity index (χ1n) is 9.71. The number of para-hydroxylation sites is 1. The van der Waals surface area contributed by atoms with Crippen molar-refractivity contribution in [1.29, 1.82) is 0 Å². The molecule has 3 heterocycles. The summed E-state index contributed by atoms with van der Waals surface area (Å²) < 4.78 is 1.89. The van der Waals surface area contributed by atoms with Crippen LogP contribution >= 0.6 is 15.9 Å². The lowest BCUT2D eigenvalue weighted by molar-refractivity contribution is -0.138. The number of halogens is 1. The van der Waals surface area contributed by atoms with Crippen LogP contribution in [0.2, 0.25) is 0 Å². The van der Waals surface area contributed by atoms with Gasteiger partial charge in [-0.2, -0.15) is 5.10 Å². The predicted octanol–water partition coefficient (Wildman–Crippen LogP) is 1.92. The number of anilines is 1. The third kappa shape index (κ3) is 3.54. The van der Waals surface area contributed by atoms with Crippen molar-refractivity contribution < 1.29 is 19.5 Å². The molecule has 2 N–H and O–H groups in total. The molecule has 31 heavy (non-hydrogen) atoms. The summed E-state index contributed by atoms with van der Waals surface area (Å²) in [7, 11) is 0. The molecular formula is C20H17BrN6O4.